The Morgan fingerprint density at radius 2 is 2.04 bits per heavy atom. The Bertz CT molecular complexity index is 670. The number of fused-ring (bicyclic) bond motifs is 1. The molecule has 1 N–H and O–H groups in total. The fourth-order valence-electron chi connectivity index (χ4n) is 3.25. The molecule has 0 radical (unpaired) electrons. The topological polar surface area (TPSA) is 73.9 Å². The third-order valence-electron chi connectivity index (χ3n) is 4.51. The van der Waals surface area contributed by atoms with Gasteiger partial charge in [0.15, 0.2) is 11.5 Å². The van der Waals surface area contributed by atoms with Gasteiger partial charge in [0.05, 0.1) is 12.5 Å². The summed E-state index contributed by atoms with van der Waals surface area (Å²) >= 11 is 0. The maximum Gasteiger partial charge on any atom is 0.311 e. The van der Waals surface area contributed by atoms with Crippen LogP contribution in [0.15, 0.2) is 24.3 Å². The molecule has 3 rings (SSSR count). The highest BCUT2D eigenvalue weighted by Gasteiger charge is 2.32. The Morgan fingerprint density at radius 1 is 1.24 bits per heavy atom. The molecule has 1 saturated carbocycles. The van der Waals surface area contributed by atoms with Crippen molar-refractivity contribution in [3.05, 3.63) is 29.8 Å². The Labute approximate surface area is 147 Å². The van der Waals surface area contributed by atoms with Gasteiger partial charge < -0.3 is 19.5 Å². The van der Waals surface area contributed by atoms with Crippen molar-refractivity contribution in [2.75, 3.05) is 13.4 Å². The first-order valence-corrected chi connectivity index (χ1v) is 8.72. The van der Waals surface area contributed by atoms with E-state index >= 15 is 0 Å². The van der Waals surface area contributed by atoms with Gasteiger partial charge in [0.25, 0.3) is 0 Å². The van der Waals surface area contributed by atoms with Crippen LogP contribution in [0.4, 0.5) is 0 Å². The summed E-state index contributed by atoms with van der Waals surface area (Å²) in [5.74, 6) is 0.709. The number of rotatable bonds is 5. The summed E-state index contributed by atoms with van der Waals surface area (Å²) in [5, 5.41) is 2.95. The minimum absolute atomic E-state index is 0.165. The van der Waals surface area contributed by atoms with Crippen molar-refractivity contribution in [3.63, 3.8) is 0 Å². The van der Waals surface area contributed by atoms with Gasteiger partial charge in [-0.3, -0.25) is 9.59 Å². The summed E-state index contributed by atoms with van der Waals surface area (Å²) in [5.41, 5.74) is 0.852. The summed E-state index contributed by atoms with van der Waals surface area (Å²) in [6.45, 7) is 2.38. The molecule has 0 aromatic heterocycles. The van der Waals surface area contributed by atoms with Crippen LogP contribution >= 0.6 is 0 Å². The number of amides is 1. The first-order chi connectivity index (χ1) is 12.2. The number of nitrogens with one attached hydrogen (secondary N) is 1. The van der Waals surface area contributed by atoms with Gasteiger partial charge in [0.1, 0.15) is 0 Å². The van der Waals surface area contributed by atoms with Gasteiger partial charge in [-0.15, -0.1) is 0 Å². The van der Waals surface area contributed by atoms with Crippen molar-refractivity contribution < 1.29 is 23.8 Å². The second kappa shape index (κ2) is 8.05. The molecule has 2 aliphatic rings. The Hall–Kier alpha value is -2.50. The molecule has 0 bridgehead atoms. The van der Waals surface area contributed by atoms with Crippen LogP contribution in [0.25, 0.3) is 6.08 Å². The average molecular weight is 345 g/mol. The SMILES string of the molecule is CCOC(=O)[C@@H]1CCCC[C@H]1NC(=O)/C=C/c1ccc2c(c1)OCO2. The summed E-state index contributed by atoms with van der Waals surface area (Å²) in [4.78, 5) is 24.3. The van der Waals surface area contributed by atoms with Crippen molar-refractivity contribution in [2.24, 2.45) is 5.92 Å². The van der Waals surface area contributed by atoms with Gasteiger partial charge >= 0.3 is 5.97 Å². The largest absolute Gasteiger partial charge is 0.466 e. The van der Waals surface area contributed by atoms with E-state index in [9.17, 15) is 9.59 Å². The van der Waals surface area contributed by atoms with E-state index < -0.39 is 0 Å². The maximum absolute atomic E-state index is 12.2. The van der Waals surface area contributed by atoms with Gasteiger partial charge in [0, 0.05) is 12.1 Å². The van der Waals surface area contributed by atoms with E-state index in [-0.39, 0.29) is 30.6 Å². The minimum atomic E-state index is -0.253. The van der Waals surface area contributed by atoms with Crippen molar-refractivity contribution >= 4 is 18.0 Å². The Kier molecular flexibility index (Phi) is 5.58. The molecule has 0 unspecified atom stereocenters. The van der Waals surface area contributed by atoms with Crippen molar-refractivity contribution in [2.45, 2.75) is 38.6 Å². The highest BCUT2D eigenvalue weighted by atomic mass is 16.7. The molecular formula is C19H23NO5. The van der Waals surface area contributed by atoms with Crippen LogP contribution in [-0.2, 0) is 14.3 Å². The molecule has 6 heteroatoms. The van der Waals surface area contributed by atoms with Crippen molar-refractivity contribution in [1.82, 2.24) is 5.32 Å². The van der Waals surface area contributed by atoms with E-state index in [2.05, 4.69) is 5.32 Å². The van der Waals surface area contributed by atoms with Crippen LogP contribution in [0.1, 0.15) is 38.2 Å². The lowest BCUT2D eigenvalue weighted by molar-refractivity contribution is -0.150. The zero-order valence-corrected chi connectivity index (χ0v) is 14.3. The van der Waals surface area contributed by atoms with Crippen LogP contribution in [0.3, 0.4) is 0 Å². The van der Waals surface area contributed by atoms with Crippen LogP contribution in [0, 0.1) is 5.92 Å². The minimum Gasteiger partial charge on any atom is -0.466 e. The van der Waals surface area contributed by atoms with E-state index in [1.807, 2.05) is 18.2 Å². The van der Waals surface area contributed by atoms with Crippen LogP contribution in [-0.4, -0.2) is 31.3 Å². The number of carbonyl (C=O) groups is 2. The Morgan fingerprint density at radius 3 is 2.88 bits per heavy atom. The van der Waals surface area contributed by atoms with Gasteiger partial charge in [-0.2, -0.15) is 0 Å². The number of carbonyl (C=O) groups excluding carboxylic acids is 2. The van der Waals surface area contributed by atoms with Gasteiger partial charge in [-0.05, 0) is 43.5 Å². The standard InChI is InChI=1S/C19H23NO5/c1-2-23-19(22)14-5-3-4-6-15(14)20-18(21)10-8-13-7-9-16-17(11-13)25-12-24-16/h7-11,14-15H,2-6,12H2,1H3,(H,20,21)/b10-8+/t14-,15-/m1/s1. The molecule has 1 aliphatic heterocycles. The molecule has 6 nitrogen and oxygen atoms in total. The average Bonchev–Trinajstić information content (AvgIpc) is 3.08. The number of benzene rings is 1. The predicted octanol–water partition coefficient (Wildman–Crippen LogP) is 2.67. The lowest BCUT2D eigenvalue weighted by Gasteiger charge is -2.30. The second-order valence-electron chi connectivity index (χ2n) is 6.20. The summed E-state index contributed by atoms with van der Waals surface area (Å²) in [6, 6.07) is 5.34. The lowest BCUT2D eigenvalue weighted by Crippen LogP contribution is -2.45. The van der Waals surface area contributed by atoms with E-state index in [4.69, 9.17) is 14.2 Å². The third-order valence-corrected chi connectivity index (χ3v) is 4.51. The molecule has 1 heterocycles. The first-order valence-electron chi connectivity index (χ1n) is 8.72. The lowest BCUT2D eigenvalue weighted by atomic mass is 9.84. The quantitative estimate of drug-likeness (QED) is 0.656. The summed E-state index contributed by atoms with van der Waals surface area (Å²) < 4.78 is 15.7. The predicted molar refractivity (Wildman–Crippen MR) is 92.1 cm³/mol. The van der Waals surface area contributed by atoms with Crippen LogP contribution in [0.5, 0.6) is 11.5 Å². The van der Waals surface area contributed by atoms with Crippen molar-refractivity contribution in [3.8, 4) is 11.5 Å². The molecule has 0 spiro atoms. The summed E-state index contributed by atoms with van der Waals surface area (Å²) in [7, 11) is 0. The molecule has 1 amide bonds. The molecule has 1 fully saturated rings. The van der Waals surface area contributed by atoms with E-state index in [1.165, 1.54) is 6.08 Å². The number of esters is 1. The smallest absolute Gasteiger partial charge is 0.311 e. The molecule has 134 valence electrons. The number of hydrogen-bond donors (Lipinski definition) is 1. The van der Waals surface area contributed by atoms with Crippen LogP contribution in [0.2, 0.25) is 0 Å². The molecule has 2 atom stereocenters. The number of ether oxygens (including phenoxy) is 3. The van der Waals surface area contributed by atoms with E-state index in [0.717, 1.165) is 31.2 Å². The maximum atomic E-state index is 12.2. The fraction of sp³-hybridized carbons (Fsp3) is 0.474. The number of hydrogen-bond acceptors (Lipinski definition) is 5. The highest BCUT2D eigenvalue weighted by Crippen LogP contribution is 2.32. The monoisotopic (exact) mass is 345 g/mol. The zero-order valence-electron chi connectivity index (χ0n) is 14.3. The molecule has 1 aliphatic carbocycles. The second-order valence-corrected chi connectivity index (χ2v) is 6.20. The van der Waals surface area contributed by atoms with Gasteiger partial charge in [-0.25, -0.2) is 0 Å². The van der Waals surface area contributed by atoms with Crippen LogP contribution < -0.4 is 14.8 Å². The molecule has 1 aromatic carbocycles. The third kappa shape index (κ3) is 4.32. The zero-order chi connectivity index (χ0) is 17.6. The van der Waals surface area contributed by atoms with E-state index in [0.29, 0.717) is 18.1 Å². The molecule has 25 heavy (non-hydrogen) atoms. The van der Waals surface area contributed by atoms with Gasteiger partial charge in [0.2, 0.25) is 12.7 Å². The fourth-order valence-corrected chi connectivity index (χ4v) is 3.25. The Balaban J connectivity index is 1.59. The highest BCUT2D eigenvalue weighted by molar-refractivity contribution is 5.92. The summed E-state index contributed by atoms with van der Waals surface area (Å²) in [6.07, 6.45) is 6.76. The molecule has 0 saturated heterocycles. The first kappa shape index (κ1) is 17.3. The van der Waals surface area contributed by atoms with Crippen molar-refractivity contribution in [1.29, 1.82) is 0 Å². The van der Waals surface area contributed by atoms with E-state index in [1.54, 1.807) is 13.0 Å². The molecule has 1 aromatic rings. The molecular weight excluding hydrogens is 322 g/mol. The normalized spacial score (nSPS) is 22.0. The van der Waals surface area contributed by atoms with Gasteiger partial charge in [-0.1, -0.05) is 18.9 Å².